The minimum atomic E-state index is -0.429. The molecule has 0 atom stereocenters. The largest absolute Gasteiger partial charge is 0.489 e. The normalized spacial score (nSPS) is 16.7. The number of amides is 1. The van der Waals surface area contributed by atoms with E-state index in [0.717, 1.165) is 53.2 Å². The molecule has 0 unspecified atom stereocenters. The summed E-state index contributed by atoms with van der Waals surface area (Å²) in [7, 11) is 0. The number of thioether (sulfide) groups is 1. The number of nitrogens with zero attached hydrogens (tertiary/aromatic N) is 4. The number of carbonyl (C=O) groups excluding carboxylic acids is 1. The van der Waals surface area contributed by atoms with E-state index in [1.807, 2.05) is 48.5 Å². The third-order valence-corrected chi connectivity index (χ3v) is 7.34. The highest BCUT2D eigenvalue weighted by atomic mass is 35.5. The Hall–Kier alpha value is -3.82. The lowest BCUT2D eigenvalue weighted by Crippen LogP contribution is -2.47. The fourth-order valence-corrected chi connectivity index (χ4v) is 5.20. The molecule has 3 aromatic carbocycles. The summed E-state index contributed by atoms with van der Waals surface area (Å²) in [6.45, 7) is 3.51. The van der Waals surface area contributed by atoms with Crippen LogP contribution in [0.4, 0.5) is 11.4 Å². The first-order valence-electron chi connectivity index (χ1n) is 11.7. The van der Waals surface area contributed by atoms with Crippen molar-refractivity contribution >= 4 is 51.9 Å². The predicted octanol–water partition coefficient (Wildman–Crippen LogP) is 5.62. The van der Waals surface area contributed by atoms with Crippen LogP contribution in [0.2, 0.25) is 5.02 Å². The highest BCUT2D eigenvalue weighted by Gasteiger charge is 2.28. The van der Waals surface area contributed by atoms with Crippen molar-refractivity contribution in [2.24, 2.45) is 4.99 Å². The Kier molecular flexibility index (Phi) is 7.43. The maximum absolute atomic E-state index is 12.6. The Morgan fingerprint density at radius 1 is 1.00 bits per heavy atom. The molecule has 2 aliphatic heterocycles. The number of hydrogen-bond acceptors (Lipinski definition) is 7. The molecule has 2 aliphatic rings. The van der Waals surface area contributed by atoms with Crippen LogP contribution in [0.15, 0.2) is 82.7 Å². The van der Waals surface area contributed by atoms with Gasteiger partial charge in [-0.15, -0.1) is 0 Å². The maximum atomic E-state index is 12.6. The summed E-state index contributed by atoms with van der Waals surface area (Å²) in [5, 5.41) is 12.2. The fraction of sp³-hybridized carbons (Fsp3) is 0.185. The van der Waals surface area contributed by atoms with E-state index < -0.39 is 4.92 Å². The average molecular weight is 535 g/mol. The molecule has 5 rings (SSSR count). The zero-order chi connectivity index (χ0) is 25.8. The Morgan fingerprint density at radius 3 is 2.38 bits per heavy atom. The van der Waals surface area contributed by atoms with Crippen LogP contribution in [0.1, 0.15) is 11.1 Å². The van der Waals surface area contributed by atoms with Crippen molar-refractivity contribution in [1.29, 1.82) is 0 Å². The lowest BCUT2D eigenvalue weighted by molar-refractivity contribution is -0.384. The molecular formula is C27H23ClN4O4S. The minimum Gasteiger partial charge on any atom is -0.489 e. The topological polar surface area (TPSA) is 88.3 Å². The van der Waals surface area contributed by atoms with Gasteiger partial charge >= 0.3 is 0 Å². The third-order valence-electron chi connectivity index (χ3n) is 6.06. The molecule has 37 heavy (non-hydrogen) atoms. The van der Waals surface area contributed by atoms with Crippen LogP contribution in [0.5, 0.6) is 5.75 Å². The van der Waals surface area contributed by atoms with E-state index in [9.17, 15) is 14.9 Å². The zero-order valence-electron chi connectivity index (χ0n) is 19.7. The summed E-state index contributed by atoms with van der Waals surface area (Å²) >= 11 is 7.53. The van der Waals surface area contributed by atoms with Gasteiger partial charge < -0.3 is 14.5 Å². The Labute approximate surface area is 223 Å². The molecule has 0 aromatic heterocycles. The number of anilines is 1. The second-order valence-corrected chi connectivity index (χ2v) is 9.99. The first-order valence-corrected chi connectivity index (χ1v) is 12.9. The Balaban J connectivity index is 1.14. The number of benzene rings is 3. The van der Waals surface area contributed by atoms with Crippen molar-refractivity contribution in [3.63, 3.8) is 0 Å². The molecular weight excluding hydrogens is 512 g/mol. The van der Waals surface area contributed by atoms with Gasteiger partial charge in [-0.05, 0) is 71.4 Å². The summed E-state index contributed by atoms with van der Waals surface area (Å²) in [6.07, 6.45) is 1.84. The van der Waals surface area contributed by atoms with E-state index in [1.54, 1.807) is 12.1 Å². The highest BCUT2D eigenvalue weighted by molar-refractivity contribution is 8.18. The molecule has 10 heteroatoms. The monoisotopic (exact) mass is 534 g/mol. The van der Waals surface area contributed by atoms with Crippen LogP contribution in [0.25, 0.3) is 6.08 Å². The van der Waals surface area contributed by atoms with Gasteiger partial charge in [0.05, 0.1) is 9.83 Å². The molecule has 8 nitrogen and oxygen atoms in total. The quantitative estimate of drug-likeness (QED) is 0.230. The molecule has 2 heterocycles. The molecule has 0 spiro atoms. The molecule has 188 valence electrons. The number of amidine groups is 1. The molecule has 0 radical (unpaired) electrons. The number of carbonyl (C=O) groups is 1. The Morgan fingerprint density at radius 2 is 1.70 bits per heavy atom. The smallest absolute Gasteiger partial charge is 0.286 e. The van der Waals surface area contributed by atoms with Gasteiger partial charge in [0.25, 0.3) is 11.6 Å². The van der Waals surface area contributed by atoms with Crippen molar-refractivity contribution < 1.29 is 14.5 Å². The van der Waals surface area contributed by atoms with Crippen LogP contribution >= 0.6 is 23.4 Å². The molecule has 0 aliphatic carbocycles. The van der Waals surface area contributed by atoms with Crippen LogP contribution in [0, 0.1) is 10.1 Å². The summed E-state index contributed by atoms with van der Waals surface area (Å²) in [6, 6.07) is 21.5. The fourth-order valence-electron chi connectivity index (χ4n) is 4.05. The van der Waals surface area contributed by atoms with Gasteiger partial charge in [-0.3, -0.25) is 14.9 Å². The van der Waals surface area contributed by atoms with Gasteiger partial charge in [0.2, 0.25) is 0 Å². The molecule has 1 saturated heterocycles. The van der Waals surface area contributed by atoms with Crippen molar-refractivity contribution in [1.82, 2.24) is 4.90 Å². The second-order valence-electron chi connectivity index (χ2n) is 8.55. The zero-order valence-corrected chi connectivity index (χ0v) is 21.3. The van der Waals surface area contributed by atoms with Crippen molar-refractivity contribution in [2.75, 3.05) is 31.1 Å². The van der Waals surface area contributed by atoms with E-state index in [-0.39, 0.29) is 11.6 Å². The van der Waals surface area contributed by atoms with Crippen molar-refractivity contribution in [2.45, 2.75) is 6.61 Å². The van der Waals surface area contributed by atoms with E-state index in [1.165, 1.54) is 23.9 Å². The molecule has 0 saturated carbocycles. The first kappa shape index (κ1) is 24.9. The first-order chi connectivity index (χ1) is 17.9. The molecule has 1 amide bonds. The van der Waals surface area contributed by atoms with E-state index >= 15 is 0 Å². The van der Waals surface area contributed by atoms with Crippen LogP contribution in [-0.4, -0.2) is 47.1 Å². The van der Waals surface area contributed by atoms with Crippen LogP contribution < -0.4 is 9.64 Å². The lowest BCUT2D eigenvalue weighted by Gasteiger charge is -2.36. The standard InChI is InChI=1S/C27H23ClN4O4S/c28-21-2-1-3-23(17-21)30-12-14-31(15-13-30)27-29-26(33)25(37-27)16-19-6-10-24(11-7-19)36-18-20-4-8-22(9-5-20)32(34)35/h1-11,16-17H,12-15,18H2/b25-16+. The van der Waals surface area contributed by atoms with Gasteiger partial charge in [0, 0.05) is 49.0 Å². The maximum Gasteiger partial charge on any atom is 0.286 e. The Bertz CT molecular complexity index is 1370. The van der Waals surface area contributed by atoms with Crippen molar-refractivity contribution in [3.8, 4) is 5.75 Å². The SMILES string of the molecule is O=C1N=C(N2CCN(c3cccc(Cl)c3)CC2)S/C1=C/c1ccc(OCc2ccc([N+](=O)[O-])cc2)cc1. The number of halogens is 1. The molecule has 1 fully saturated rings. The number of nitro benzene ring substituents is 1. The summed E-state index contributed by atoms with van der Waals surface area (Å²) < 4.78 is 5.78. The van der Waals surface area contributed by atoms with Crippen LogP contribution in [-0.2, 0) is 11.4 Å². The summed E-state index contributed by atoms with van der Waals surface area (Å²) in [5.41, 5.74) is 2.86. The highest BCUT2D eigenvalue weighted by Crippen LogP contribution is 2.31. The van der Waals surface area contributed by atoms with E-state index in [4.69, 9.17) is 16.3 Å². The number of non-ortho nitro benzene ring substituents is 1. The van der Waals surface area contributed by atoms with Gasteiger partial charge in [0.1, 0.15) is 12.4 Å². The number of piperazine rings is 1. The predicted molar refractivity (Wildman–Crippen MR) is 147 cm³/mol. The van der Waals surface area contributed by atoms with E-state index in [2.05, 4.69) is 20.9 Å². The van der Waals surface area contributed by atoms with Gasteiger partial charge in [-0.2, -0.15) is 4.99 Å². The number of ether oxygens (including phenoxy) is 1. The summed E-state index contributed by atoms with van der Waals surface area (Å²) in [5.74, 6) is 0.441. The van der Waals surface area contributed by atoms with Gasteiger partial charge in [-0.1, -0.05) is 29.8 Å². The lowest BCUT2D eigenvalue weighted by atomic mass is 10.2. The van der Waals surface area contributed by atoms with Crippen molar-refractivity contribution in [3.05, 3.63) is 104 Å². The van der Waals surface area contributed by atoms with Crippen LogP contribution in [0.3, 0.4) is 0 Å². The molecule has 0 N–H and O–H groups in total. The number of rotatable bonds is 6. The van der Waals surface area contributed by atoms with Gasteiger partial charge in [-0.25, -0.2) is 0 Å². The number of nitro groups is 1. The number of aliphatic imine (C=N–C) groups is 1. The summed E-state index contributed by atoms with van der Waals surface area (Å²) in [4.78, 5) is 32.2. The number of hydrogen-bond donors (Lipinski definition) is 0. The molecule has 3 aromatic rings. The average Bonchev–Trinajstić information content (AvgIpc) is 3.28. The second kappa shape index (κ2) is 11.1. The van der Waals surface area contributed by atoms with E-state index in [0.29, 0.717) is 17.3 Å². The van der Waals surface area contributed by atoms with Gasteiger partial charge in [0.15, 0.2) is 5.17 Å². The molecule has 0 bridgehead atoms. The third kappa shape index (κ3) is 6.12. The minimum absolute atomic E-state index is 0.0485.